The van der Waals surface area contributed by atoms with E-state index >= 15 is 0 Å². The topological polar surface area (TPSA) is 84.9 Å². The van der Waals surface area contributed by atoms with Crippen LogP contribution in [0.25, 0.3) is 0 Å². The van der Waals surface area contributed by atoms with Crippen LogP contribution in [0.4, 0.5) is 0 Å². The van der Waals surface area contributed by atoms with Gasteiger partial charge in [-0.3, -0.25) is 9.59 Å². The average Bonchev–Trinajstić information content (AvgIpc) is 2.78. The third kappa shape index (κ3) is 5.85. The van der Waals surface area contributed by atoms with Crippen molar-refractivity contribution in [2.24, 2.45) is 0 Å². The van der Waals surface area contributed by atoms with E-state index in [0.717, 1.165) is 16.9 Å². The lowest BCUT2D eigenvalue weighted by molar-refractivity contribution is -0.148. The molecule has 0 heterocycles. The maximum Gasteiger partial charge on any atom is 0.310 e. The molecule has 0 fully saturated rings. The number of carbonyl (C=O) groups is 2. The van der Waals surface area contributed by atoms with Gasteiger partial charge in [-0.25, -0.2) is 0 Å². The molecular weight excluding hydrogens is 382 g/mol. The van der Waals surface area contributed by atoms with Crippen LogP contribution in [-0.2, 0) is 20.7 Å². The minimum atomic E-state index is -0.517. The number of methoxy groups -OCH3 is 1. The van der Waals surface area contributed by atoms with Crippen LogP contribution in [0.3, 0.4) is 0 Å². The highest BCUT2D eigenvalue weighted by atomic mass is 16.5. The Morgan fingerprint density at radius 2 is 1.53 bits per heavy atom. The third-order valence-electron chi connectivity index (χ3n) is 4.54. The first-order valence-electron chi connectivity index (χ1n) is 9.47. The fraction of sp³-hybridized carbons (Fsp3) is 0.167. The zero-order chi connectivity index (χ0) is 21.3. The summed E-state index contributed by atoms with van der Waals surface area (Å²) >= 11 is 0. The number of hydrogen-bond acceptors (Lipinski definition) is 5. The molecule has 0 spiro atoms. The number of carbonyl (C=O) groups excluding carboxylic acids is 2. The fourth-order valence-electron chi connectivity index (χ4n) is 2.98. The third-order valence-corrected chi connectivity index (χ3v) is 4.54. The Balaban J connectivity index is 1.62. The van der Waals surface area contributed by atoms with Crippen molar-refractivity contribution in [3.05, 3.63) is 95.6 Å². The summed E-state index contributed by atoms with van der Waals surface area (Å²) in [6.07, 6.45) is 0.0220. The Labute approximate surface area is 175 Å². The molecule has 2 N–H and O–H groups in total. The largest absolute Gasteiger partial charge is 0.508 e. The van der Waals surface area contributed by atoms with E-state index in [1.165, 1.54) is 12.1 Å². The van der Waals surface area contributed by atoms with Gasteiger partial charge in [0.05, 0.1) is 19.6 Å². The molecule has 1 amide bonds. The number of ether oxygens (including phenoxy) is 2. The summed E-state index contributed by atoms with van der Waals surface area (Å²) in [5.74, 6) is -0.0766. The molecule has 1 atom stereocenters. The van der Waals surface area contributed by atoms with Gasteiger partial charge < -0.3 is 19.9 Å². The van der Waals surface area contributed by atoms with Crippen molar-refractivity contribution in [3.63, 3.8) is 0 Å². The Bertz CT molecular complexity index is 969. The number of esters is 1. The molecule has 0 aliphatic rings. The van der Waals surface area contributed by atoms with Gasteiger partial charge in [0.2, 0.25) is 0 Å². The molecule has 0 aromatic heterocycles. The molecule has 154 valence electrons. The van der Waals surface area contributed by atoms with Crippen molar-refractivity contribution < 1.29 is 24.2 Å². The second-order valence-electron chi connectivity index (χ2n) is 6.69. The van der Waals surface area contributed by atoms with Gasteiger partial charge in [-0.1, -0.05) is 54.6 Å². The van der Waals surface area contributed by atoms with Crippen LogP contribution in [0.5, 0.6) is 11.5 Å². The number of phenols is 1. The smallest absolute Gasteiger partial charge is 0.310 e. The Kier molecular flexibility index (Phi) is 7.05. The number of rotatable bonds is 8. The molecule has 0 saturated carbocycles. The first-order chi connectivity index (χ1) is 14.5. The molecule has 3 aromatic carbocycles. The average molecular weight is 405 g/mol. The van der Waals surface area contributed by atoms with Crippen molar-refractivity contribution in [1.29, 1.82) is 0 Å². The molecule has 30 heavy (non-hydrogen) atoms. The van der Waals surface area contributed by atoms with E-state index in [0.29, 0.717) is 5.56 Å². The molecule has 3 aromatic rings. The molecule has 3 rings (SSSR count). The summed E-state index contributed by atoms with van der Waals surface area (Å²) in [5, 5.41) is 12.2. The predicted molar refractivity (Wildman–Crippen MR) is 112 cm³/mol. The molecule has 0 radical (unpaired) electrons. The highest BCUT2D eigenvalue weighted by molar-refractivity contribution is 5.82. The van der Waals surface area contributed by atoms with Crippen molar-refractivity contribution in [2.45, 2.75) is 12.5 Å². The zero-order valence-corrected chi connectivity index (χ0v) is 16.6. The van der Waals surface area contributed by atoms with Crippen LogP contribution in [-0.4, -0.2) is 30.7 Å². The molecular formula is C24H23NO5. The summed E-state index contributed by atoms with van der Waals surface area (Å²) in [6.45, 7) is -0.379. The fourth-order valence-corrected chi connectivity index (χ4v) is 2.98. The summed E-state index contributed by atoms with van der Waals surface area (Å²) in [6, 6.07) is 22.8. The molecule has 6 nitrogen and oxygen atoms in total. The van der Waals surface area contributed by atoms with Crippen molar-refractivity contribution in [1.82, 2.24) is 5.32 Å². The number of aromatic hydroxyl groups is 1. The van der Waals surface area contributed by atoms with Crippen LogP contribution in [0.1, 0.15) is 22.7 Å². The summed E-state index contributed by atoms with van der Waals surface area (Å²) < 4.78 is 10.3. The van der Waals surface area contributed by atoms with Gasteiger partial charge in [0.15, 0.2) is 6.61 Å². The zero-order valence-electron chi connectivity index (χ0n) is 16.6. The van der Waals surface area contributed by atoms with Crippen LogP contribution >= 0.6 is 0 Å². The lowest BCUT2D eigenvalue weighted by Crippen LogP contribution is -2.33. The van der Waals surface area contributed by atoms with Gasteiger partial charge in [-0.05, 0) is 41.0 Å². The Morgan fingerprint density at radius 3 is 2.17 bits per heavy atom. The maximum absolute atomic E-state index is 12.5. The maximum atomic E-state index is 12.5. The lowest BCUT2D eigenvalue weighted by Gasteiger charge is -2.20. The standard InChI is InChI=1S/C24H23NO5/c1-29-21-13-9-19(10-14-21)24(18-5-3-2-4-6-18)25-22(27)16-30-23(28)15-17-7-11-20(26)12-8-17/h2-14,24,26H,15-16H2,1H3,(H,25,27)/t24-/m1/s1. The molecule has 6 heteroatoms. The van der Waals surface area contributed by atoms with Crippen LogP contribution < -0.4 is 10.1 Å². The second kappa shape index (κ2) is 10.1. The number of nitrogens with one attached hydrogen (secondary N) is 1. The van der Waals surface area contributed by atoms with E-state index < -0.39 is 11.9 Å². The van der Waals surface area contributed by atoms with Crippen LogP contribution in [0, 0.1) is 0 Å². The van der Waals surface area contributed by atoms with E-state index in [2.05, 4.69) is 5.32 Å². The van der Waals surface area contributed by atoms with Gasteiger partial charge in [-0.15, -0.1) is 0 Å². The number of benzene rings is 3. The monoisotopic (exact) mass is 405 g/mol. The van der Waals surface area contributed by atoms with Gasteiger partial charge in [0, 0.05) is 0 Å². The van der Waals surface area contributed by atoms with E-state index in [-0.39, 0.29) is 24.8 Å². The van der Waals surface area contributed by atoms with Crippen LogP contribution in [0.2, 0.25) is 0 Å². The first-order valence-corrected chi connectivity index (χ1v) is 9.47. The summed E-state index contributed by atoms with van der Waals surface area (Å²) in [7, 11) is 1.60. The van der Waals surface area contributed by atoms with Gasteiger partial charge in [0.1, 0.15) is 11.5 Å². The Hall–Kier alpha value is -3.80. The summed E-state index contributed by atoms with van der Waals surface area (Å²) in [5.41, 5.74) is 2.48. The predicted octanol–water partition coefficient (Wildman–Crippen LogP) is 3.39. The Morgan fingerprint density at radius 1 is 0.900 bits per heavy atom. The van der Waals surface area contributed by atoms with E-state index in [1.807, 2.05) is 54.6 Å². The van der Waals surface area contributed by atoms with Gasteiger partial charge >= 0.3 is 5.97 Å². The highest BCUT2D eigenvalue weighted by Gasteiger charge is 2.18. The van der Waals surface area contributed by atoms with Crippen molar-refractivity contribution in [3.8, 4) is 11.5 Å². The van der Waals surface area contributed by atoms with Crippen molar-refractivity contribution >= 4 is 11.9 Å². The molecule has 0 aliphatic carbocycles. The summed E-state index contributed by atoms with van der Waals surface area (Å²) in [4.78, 5) is 24.5. The number of phenolic OH excluding ortho intramolecular Hbond substituents is 1. The van der Waals surface area contributed by atoms with Crippen LogP contribution in [0.15, 0.2) is 78.9 Å². The molecule has 0 aliphatic heterocycles. The SMILES string of the molecule is COc1ccc([C@H](NC(=O)COC(=O)Cc2ccc(O)cc2)c2ccccc2)cc1. The second-order valence-corrected chi connectivity index (χ2v) is 6.69. The minimum Gasteiger partial charge on any atom is -0.508 e. The van der Waals surface area contributed by atoms with E-state index in [1.54, 1.807) is 19.2 Å². The normalized spacial score (nSPS) is 11.4. The molecule has 0 saturated heterocycles. The lowest BCUT2D eigenvalue weighted by atomic mass is 9.98. The molecule has 0 unspecified atom stereocenters. The van der Waals surface area contributed by atoms with Gasteiger partial charge in [0.25, 0.3) is 5.91 Å². The highest BCUT2D eigenvalue weighted by Crippen LogP contribution is 2.24. The van der Waals surface area contributed by atoms with Gasteiger partial charge in [-0.2, -0.15) is 0 Å². The van der Waals surface area contributed by atoms with E-state index in [9.17, 15) is 14.7 Å². The van der Waals surface area contributed by atoms with Crippen molar-refractivity contribution in [2.75, 3.05) is 13.7 Å². The minimum absolute atomic E-state index is 0.0220. The quantitative estimate of drug-likeness (QED) is 0.561. The van der Waals surface area contributed by atoms with E-state index in [4.69, 9.17) is 9.47 Å². The molecule has 0 bridgehead atoms. The first kappa shape index (κ1) is 20.9. The number of hydrogen-bond donors (Lipinski definition) is 2. The number of amides is 1.